The Labute approximate surface area is 104 Å². The van der Waals surface area contributed by atoms with Gasteiger partial charge in [-0.15, -0.1) is 0 Å². The Hall–Kier alpha value is -1.30. The van der Waals surface area contributed by atoms with Crippen LogP contribution in [0.4, 0.5) is 0 Å². The summed E-state index contributed by atoms with van der Waals surface area (Å²) in [7, 11) is 0. The summed E-state index contributed by atoms with van der Waals surface area (Å²) in [6, 6.07) is 1.32. The van der Waals surface area contributed by atoms with E-state index in [9.17, 15) is 9.59 Å². The normalized spacial score (nSPS) is 11.8. The number of hydrogen-bond acceptors (Lipinski definition) is 4. The third kappa shape index (κ3) is 3.59. The number of carboxylic acids is 1. The summed E-state index contributed by atoms with van der Waals surface area (Å²) in [4.78, 5) is 29.3. The molecular weight excluding hydrogens is 240 g/mol. The van der Waals surface area contributed by atoms with Crippen LogP contribution in [0.25, 0.3) is 0 Å². The Morgan fingerprint density at radius 3 is 2.59 bits per heavy atom. The maximum absolute atomic E-state index is 11.4. The largest absolute Gasteiger partial charge is 0.480 e. The Bertz CT molecular complexity index is 480. The lowest BCUT2D eigenvalue weighted by Gasteiger charge is -2.18. The second-order valence-corrected chi connectivity index (χ2v) is 6.18. The molecule has 94 valence electrons. The number of rotatable bonds is 4. The fourth-order valence-electron chi connectivity index (χ4n) is 1.08. The van der Waals surface area contributed by atoms with Crippen molar-refractivity contribution in [2.45, 2.75) is 43.4 Å². The Balaban J connectivity index is 3.08. The zero-order valence-corrected chi connectivity index (χ0v) is 11.1. The van der Waals surface area contributed by atoms with Gasteiger partial charge in [-0.1, -0.05) is 25.6 Å². The molecule has 1 aromatic heterocycles. The maximum atomic E-state index is 11.4. The van der Waals surface area contributed by atoms with Crippen molar-refractivity contribution in [3.05, 3.63) is 22.2 Å². The lowest BCUT2D eigenvalue weighted by molar-refractivity contribution is -0.138. The van der Waals surface area contributed by atoms with Crippen molar-refractivity contribution in [3.63, 3.8) is 0 Å². The molecule has 0 saturated heterocycles. The monoisotopic (exact) mass is 256 g/mol. The van der Waals surface area contributed by atoms with Crippen molar-refractivity contribution < 1.29 is 9.90 Å². The number of carbonyl (C=O) groups is 1. The predicted molar refractivity (Wildman–Crippen MR) is 66.5 cm³/mol. The van der Waals surface area contributed by atoms with Gasteiger partial charge in [-0.25, -0.2) is 4.98 Å². The quantitative estimate of drug-likeness (QED) is 0.634. The maximum Gasteiger partial charge on any atom is 0.319 e. The average Bonchev–Trinajstić information content (AvgIpc) is 2.15. The van der Waals surface area contributed by atoms with Gasteiger partial charge < -0.3 is 10.1 Å². The number of aromatic amines is 1. The van der Waals surface area contributed by atoms with E-state index in [0.29, 0.717) is 10.9 Å². The molecule has 6 heteroatoms. The topological polar surface area (TPSA) is 83.0 Å². The minimum absolute atomic E-state index is 0.0937. The van der Waals surface area contributed by atoms with Crippen LogP contribution in [0.3, 0.4) is 0 Å². The third-order valence-corrected chi connectivity index (χ3v) is 3.26. The van der Waals surface area contributed by atoms with Crippen LogP contribution in [-0.2, 0) is 4.79 Å². The first-order valence-electron chi connectivity index (χ1n) is 5.26. The molecule has 0 aliphatic heterocycles. The molecular formula is C11H16N2O3S. The minimum atomic E-state index is -1.00. The first kappa shape index (κ1) is 13.8. The summed E-state index contributed by atoms with van der Waals surface area (Å²) in [5, 5.41) is 9.45. The van der Waals surface area contributed by atoms with Crippen molar-refractivity contribution in [2.75, 3.05) is 0 Å². The number of aromatic nitrogens is 2. The summed E-state index contributed by atoms with van der Waals surface area (Å²) < 4.78 is -1.00. The van der Waals surface area contributed by atoms with E-state index in [0.717, 1.165) is 11.8 Å². The van der Waals surface area contributed by atoms with Gasteiger partial charge in [0.25, 0.3) is 5.56 Å². The first-order valence-corrected chi connectivity index (χ1v) is 6.07. The van der Waals surface area contributed by atoms with Gasteiger partial charge in [-0.2, -0.15) is 0 Å². The van der Waals surface area contributed by atoms with Crippen molar-refractivity contribution >= 4 is 17.7 Å². The highest BCUT2D eigenvalue weighted by atomic mass is 32.2. The van der Waals surface area contributed by atoms with Crippen LogP contribution in [-0.4, -0.2) is 25.8 Å². The zero-order valence-electron chi connectivity index (χ0n) is 10.3. The fraction of sp³-hybridized carbons (Fsp3) is 0.545. The lowest BCUT2D eigenvalue weighted by atomic mass is 10.2. The Morgan fingerprint density at radius 2 is 2.12 bits per heavy atom. The van der Waals surface area contributed by atoms with Gasteiger partial charge in [-0.05, 0) is 13.8 Å². The lowest BCUT2D eigenvalue weighted by Crippen LogP contribution is -2.27. The average molecular weight is 256 g/mol. The molecule has 17 heavy (non-hydrogen) atoms. The van der Waals surface area contributed by atoms with E-state index in [1.54, 1.807) is 13.8 Å². The smallest absolute Gasteiger partial charge is 0.319 e. The highest BCUT2D eigenvalue weighted by molar-refractivity contribution is 8.01. The molecule has 0 atom stereocenters. The van der Waals surface area contributed by atoms with Crippen molar-refractivity contribution in [1.29, 1.82) is 0 Å². The van der Waals surface area contributed by atoms with Crippen molar-refractivity contribution in [1.82, 2.24) is 9.97 Å². The molecule has 1 rings (SSSR count). The third-order valence-electron chi connectivity index (χ3n) is 2.16. The second-order valence-electron chi connectivity index (χ2n) is 4.54. The summed E-state index contributed by atoms with van der Waals surface area (Å²) in [6.45, 7) is 6.99. The van der Waals surface area contributed by atoms with Crippen LogP contribution in [0.1, 0.15) is 39.4 Å². The molecule has 2 N–H and O–H groups in total. The van der Waals surface area contributed by atoms with Gasteiger partial charge in [0.05, 0.1) is 0 Å². The predicted octanol–water partition coefficient (Wildman–Crippen LogP) is 1.85. The molecule has 0 amide bonds. The highest BCUT2D eigenvalue weighted by Crippen LogP contribution is 2.30. The van der Waals surface area contributed by atoms with Crippen molar-refractivity contribution in [3.8, 4) is 0 Å². The van der Waals surface area contributed by atoms with Crippen LogP contribution in [0.15, 0.2) is 15.9 Å². The summed E-state index contributed by atoms with van der Waals surface area (Å²) in [6.07, 6.45) is 0. The molecule has 0 aliphatic rings. The Kier molecular flexibility index (Phi) is 3.98. The van der Waals surface area contributed by atoms with Crippen LogP contribution < -0.4 is 5.56 Å². The molecule has 0 unspecified atom stereocenters. The van der Waals surface area contributed by atoms with E-state index in [-0.39, 0.29) is 11.5 Å². The molecule has 0 fully saturated rings. The Morgan fingerprint density at radius 1 is 1.53 bits per heavy atom. The number of carboxylic acid groups (broad SMARTS) is 1. The number of H-pyrrole nitrogens is 1. The van der Waals surface area contributed by atoms with E-state index in [1.807, 2.05) is 13.8 Å². The standard InChI is InChI=1S/C11H16N2O3S/c1-6(2)9-12-7(14)5-8(13-9)17-11(3,4)10(15)16/h5-6H,1-4H3,(H,15,16)(H,12,13,14). The SMILES string of the molecule is CC(C)c1nc(SC(C)(C)C(=O)O)cc(=O)[nH]1. The number of thioether (sulfide) groups is 1. The van der Waals surface area contributed by atoms with Crippen LogP contribution >= 0.6 is 11.8 Å². The molecule has 1 aromatic rings. The molecule has 0 aromatic carbocycles. The van der Waals surface area contributed by atoms with E-state index >= 15 is 0 Å². The molecule has 0 saturated carbocycles. The van der Waals surface area contributed by atoms with E-state index in [1.165, 1.54) is 6.07 Å². The van der Waals surface area contributed by atoms with Crippen molar-refractivity contribution in [2.24, 2.45) is 0 Å². The summed E-state index contributed by atoms with van der Waals surface area (Å²) >= 11 is 1.07. The van der Waals surface area contributed by atoms with Gasteiger partial charge in [0.15, 0.2) is 0 Å². The van der Waals surface area contributed by atoms with Crippen LogP contribution in [0, 0.1) is 0 Å². The molecule has 0 bridgehead atoms. The summed E-state index contributed by atoms with van der Waals surface area (Å²) in [5.41, 5.74) is -0.257. The molecule has 0 aliphatic carbocycles. The number of aliphatic carboxylic acids is 1. The molecule has 0 radical (unpaired) electrons. The number of nitrogens with zero attached hydrogens (tertiary/aromatic N) is 1. The highest BCUT2D eigenvalue weighted by Gasteiger charge is 2.29. The van der Waals surface area contributed by atoms with Gasteiger partial charge in [0.1, 0.15) is 15.6 Å². The first-order chi connectivity index (χ1) is 7.72. The van der Waals surface area contributed by atoms with Gasteiger partial charge in [0.2, 0.25) is 0 Å². The fourth-order valence-corrected chi connectivity index (χ4v) is 2.00. The molecule has 1 heterocycles. The van der Waals surface area contributed by atoms with Gasteiger partial charge in [0, 0.05) is 12.0 Å². The summed E-state index contributed by atoms with van der Waals surface area (Å²) in [5.74, 6) is -0.270. The minimum Gasteiger partial charge on any atom is -0.480 e. The van der Waals surface area contributed by atoms with Gasteiger partial charge in [-0.3, -0.25) is 9.59 Å². The van der Waals surface area contributed by atoms with Crippen LogP contribution in [0.2, 0.25) is 0 Å². The van der Waals surface area contributed by atoms with Gasteiger partial charge >= 0.3 is 5.97 Å². The molecule has 5 nitrogen and oxygen atoms in total. The van der Waals surface area contributed by atoms with E-state index in [4.69, 9.17) is 5.11 Å². The number of hydrogen-bond donors (Lipinski definition) is 2. The second kappa shape index (κ2) is 4.91. The van der Waals surface area contributed by atoms with E-state index < -0.39 is 10.7 Å². The van der Waals surface area contributed by atoms with E-state index in [2.05, 4.69) is 9.97 Å². The van der Waals surface area contributed by atoms with Crippen LogP contribution in [0.5, 0.6) is 0 Å². The molecule has 0 spiro atoms. The zero-order chi connectivity index (χ0) is 13.2. The number of nitrogens with one attached hydrogen (secondary N) is 1.